The predicted octanol–water partition coefficient (Wildman–Crippen LogP) is 6.55. The van der Waals surface area contributed by atoms with E-state index < -0.39 is 90.0 Å². The lowest BCUT2D eigenvalue weighted by molar-refractivity contribution is -0.150. The van der Waals surface area contributed by atoms with E-state index in [2.05, 4.69) is 27.8 Å². The summed E-state index contributed by atoms with van der Waals surface area (Å²) in [7, 11) is -5.85. The zero-order chi connectivity index (χ0) is 57.5. The molecule has 4 aromatic rings. The van der Waals surface area contributed by atoms with Gasteiger partial charge in [-0.1, -0.05) is 107 Å². The van der Waals surface area contributed by atoms with Crippen molar-refractivity contribution < 1.29 is 71.0 Å². The van der Waals surface area contributed by atoms with Crippen LogP contribution in [0.3, 0.4) is 0 Å². The molecule has 0 spiro atoms. The van der Waals surface area contributed by atoms with Crippen molar-refractivity contribution in [3.63, 3.8) is 0 Å². The molecular weight excluding hydrogens is 1080 g/mol. The van der Waals surface area contributed by atoms with Gasteiger partial charge in [0.2, 0.25) is 29.5 Å². The van der Waals surface area contributed by atoms with E-state index >= 15 is 0 Å². The van der Waals surface area contributed by atoms with Crippen LogP contribution in [0, 0.1) is 17.3 Å². The number of nitrogens with zero attached hydrogens (tertiary/aromatic N) is 3. The maximum Gasteiger partial charge on any atom is 0.399 e. The average Bonchev–Trinajstić information content (AvgIpc) is 4.21. The van der Waals surface area contributed by atoms with Crippen LogP contribution >= 0.6 is 18.9 Å². The molecule has 5 atom stereocenters. The Hall–Kier alpha value is -6.73. The highest BCUT2D eigenvalue weighted by Crippen LogP contribution is 2.59. The molecule has 5 heterocycles. The number of ether oxygens (including phenoxy) is 2. The molecule has 3 saturated heterocycles. The number of hydrogen-bond donors (Lipinski definition) is 5. The first kappa shape index (κ1) is 59.4. The van der Waals surface area contributed by atoms with Gasteiger partial charge in [0.05, 0.1) is 35.3 Å². The van der Waals surface area contributed by atoms with Gasteiger partial charge in [0.15, 0.2) is 0 Å². The van der Waals surface area contributed by atoms with Crippen molar-refractivity contribution in [2.45, 2.75) is 127 Å². The van der Waals surface area contributed by atoms with Crippen molar-refractivity contribution in [2.24, 2.45) is 5.41 Å². The van der Waals surface area contributed by atoms with Crippen LogP contribution in [0.25, 0.3) is 10.1 Å². The molecule has 1 aromatic heterocycles. The van der Waals surface area contributed by atoms with E-state index in [1.54, 1.807) is 37.8 Å². The number of imide groups is 2. The molecule has 3 aromatic carbocycles. The van der Waals surface area contributed by atoms with Gasteiger partial charge >= 0.3 is 13.3 Å². The van der Waals surface area contributed by atoms with Crippen LogP contribution < -0.4 is 16.0 Å². The molecule has 5 N–H and O–H groups in total. The van der Waals surface area contributed by atoms with E-state index in [1.807, 2.05) is 30.3 Å². The topological polar surface area (TPSA) is 258 Å². The van der Waals surface area contributed by atoms with Gasteiger partial charge in [-0.3, -0.25) is 53.1 Å². The lowest BCUT2D eigenvalue weighted by Gasteiger charge is -2.38. The maximum absolute atomic E-state index is 14.8. The number of halogens is 2. The number of benzene rings is 3. The second kappa shape index (κ2) is 25.4. The number of hydrogen-bond acceptors (Lipinski definition) is 12. The Bertz CT molecular complexity index is 3150. The number of thiophene rings is 1. The molecule has 0 radical (unpaired) electrons. The van der Waals surface area contributed by atoms with Crippen molar-refractivity contribution in [1.82, 2.24) is 30.7 Å². The molecule has 19 nitrogen and oxygen atoms in total. The standard InChI is InChI=1S/C57H65F2N6O13PS/c1-56(2,3)49(62-51(69)45-30-37-29-38(22-24-44(37)80-45)57(58,59)79(74,75)76)55(73)64-32-39(31-42(64)53(71)63-27-28-77-43(33-63)35-17-13-11-14-18-35)78-34-47(67)60-26-15-10-8-6-4-5-7-9-12-19-36-20-16-21-40-48(36)54(72)65(52(40)70)41-23-25-46(66)61-50(41)68/h11,13-14,16-18,20-22,24,29-30,39,41-43,49H,4-10,15,23,25-28,31-34H2,1-3H3,(H,60,67)(H,62,69)(H,61,66,68)(H2,74,75,76)/t39-,41?,42-,43-,49+/m0/s1. The van der Waals surface area contributed by atoms with E-state index in [4.69, 9.17) is 9.47 Å². The summed E-state index contributed by atoms with van der Waals surface area (Å²) in [5, 5.41) is 8.04. The van der Waals surface area contributed by atoms with Crippen LogP contribution in [0.15, 0.2) is 72.8 Å². The Morgan fingerprint density at radius 1 is 0.912 bits per heavy atom. The highest BCUT2D eigenvalue weighted by atomic mass is 32.1. The Morgan fingerprint density at radius 3 is 2.35 bits per heavy atom. The van der Waals surface area contributed by atoms with Crippen LogP contribution in [0.1, 0.15) is 145 Å². The minimum atomic E-state index is -5.85. The number of fused-ring (bicyclic) bond motifs is 2. The molecule has 23 heteroatoms. The van der Waals surface area contributed by atoms with E-state index in [-0.39, 0.29) is 85.3 Å². The average molecular weight is 1140 g/mol. The van der Waals surface area contributed by atoms with Gasteiger partial charge in [0.25, 0.3) is 17.7 Å². The molecule has 80 heavy (non-hydrogen) atoms. The molecule has 0 aliphatic carbocycles. The number of nitrogens with one attached hydrogen (secondary N) is 3. The van der Waals surface area contributed by atoms with Crippen LogP contribution in [0.4, 0.5) is 8.78 Å². The third-order valence-corrected chi connectivity index (χ3v) is 16.8. The first-order valence-electron chi connectivity index (χ1n) is 26.8. The number of carbonyl (C=O) groups excluding carboxylic acids is 8. The Labute approximate surface area is 465 Å². The van der Waals surface area contributed by atoms with Crippen LogP contribution in [0.5, 0.6) is 0 Å². The fraction of sp³-hybridized carbons (Fsp3) is 0.474. The highest BCUT2D eigenvalue weighted by molar-refractivity contribution is 7.52. The lowest BCUT2D eigenvalue weighted by Crippen LogP contribution is -2.58. The Morgan fingerprint density at radius 2 is 1.64 bits per heavy atom. The minimum Gasteiger partial charge on any atom is -0.370 e. The zero-order valence-corrected chi connectivity index (χ0v) is 46.4. The number of carbonyl (C=O) groups is 8. The number of likely N-dealkylation sites (tertiary alicyclic amines) is 1. The van der Waals surface area contributed by atoms with Crippen molar-refractivity contribution in [3.8, 4) is 11.8 Å². The molecule has 0 bridgehead atoms. The number of amides is 8. The smallest absolute Gasteiger partial charge is 0.370 e. The molecule has 0 saturated carbocycles. The SMILES string of the molecule is CC(C)(C)[C@H](NC(=O)c1cc2cc(C(F)(F)P(=O)(O)O)ccc2s1)C(=O)N1C[C@@H](OCC(=O)NCCCCCCCCCC#Cc2cccc3c2C(=O)N(C2CCC(=O)NC2=O)C3=O)C[C@H]1C(=O)N1CCO[C@H](c2ccccc2)C1. The second-order valence-corrected chi connectivity index (χ2v) is 24.2. The minimum absolute atomic E-state index is 0.0351. The first-order chi connectivity index (χ1) is 38.0. The fourth-order valence-corrected chi connectivity index (χ4v) is 11.7. The predicted molar refractivity (Wildman–Crippen MR) is 290 cm³/mol. The summed E-state index contributed by atoms with van der Waals surface area (Å²) < 4.78 is 53.3. The van der Waals surface area contributed by atoms with Gasteiger partial charge in [0.1, 0.15) is 30.8 Å². The second-order valence-electron chi connectivity index (χ2n) is 21.5. The van der Waals surface area contributed by atoms with E-state index in [9.17, 15) is 61.5 Å². The summed E-state index contributed by atoms with van der Waals surface area (Å²) in [4.78, 5) is 129. The number of alkyl halides is 2. The summed E-state index contributed by atoms with van der Waals surface area (Å²) in [5.74, 6) is 1.89. The number of unbranched alkanes of at least 4 members (excludes halogenated alkanes) is 7. The normalized spacial score (nSPS) is 20.1. The molecule has 8 amide bonds. The molecule has 4 aliphatic heterocycles. The van der Waals surface area contributed by atoms with Gasteiger partial charge in [-0.15, -0.1) is 11.3 Å². The first-order valence-corrected chi connectivity index (χ1v) is 29.2. The van der Waals surface area contributed by atoms with Crippen LogP contribution in [-0.2, 0) is 43.7 Å². The maximum atomic E-state index is 14.8. The molecule has 1 unspecified atom stereocenters. The van der Waals surface area contributed by atoms with E-state index in [1.165, 1.54) is 23.1 Å². The van der Waals surface area contributed by atoms with Crippen LogP contribution in [0.2, 0.25) is 0 Å². The summed E-state index contributed by atoms with van der Waals surface area (Å²) in [6.45, 7) is 6.01. The van der Waals surface area contributed by atoms with Gasteiger partial charge in [-0.05, 0) is 66.0 Å². The van der Waals surface area contributed by atoms with Crippen molar-refractivity contribution >= 4 is 76.3 Å². The largest absolute Gasteiger partial charge is 0.399 e. The van der Waals surface area contributed by atoms with Crippen molar-refractivity contribution in [2.75, 3.05) is 39.4 Å². The quantitative estimate of drug-likeness (QED) is 0.0273. The summed E-state index contributed by atoms with van der Waals surface area (Å²) in [6, 6.07) is 15.4. The number of piperidine rings is 1. The molecule has 8 rings (SSSR count). The molecule has 3 fully saturated rings. The summed E-state index contributed by atoms with van der Waals surface area (Å²) >= 11 is 0.943. The monoisotopic (exact) mass is 1140 g/mol. The summed E-state index contributed by atoms with van der Waals surface area (Å²) in [6.07, 6.45) is 5.95. The van der Waals surface area contributed by atoms with Crippen molar-refractivity contribution in [3.05, 3.63) is 105 Å². The van der Waals surface area contributed by atoms with Gasteiger partial charge in [-0.25, -0.2) is 0 Å². The Balaban J connectivity index is 0.805. The molecular formula is C57H65F2N6O13PS. The third kappa shape index (κ3) is 13.7. The third-order valence-electron chi connectivity index (χ3n) is 14.7. The molecule has 4 aliphatic rings. The zero-order valence-electron chi connectivity index (χ0n) is 44.7. The van der Waals surface area contributed by atoms with E-state index in [0.717, 1.165) is 78.9 Å². The van der Waals surface area contributed by atoms with Gasteiger partial charge in [0, 0.05) is 54.7 Å². The fourth-order valence-electron chi connectivity index (χ4n) is 10.3. The Kier molecular flexibility index (Phi) is 18.8. The number of rotatable bonds is 20. The van der Waals surface area contributed by atoms with Gasteiger partial charge < -0.3 is 39.7 Å². The highest BCUT2D eigenvalue weighted by Gasteiger charge is 2.51. The van der Waals surface area contributed by atoms with Crippen molar-refractivity contribution in [1.29, 1.82) is 0 Å². The summed E-state index contributed by atoms with van der Waals surface area (Å²) in [5.41, 5.74) is -4.63. The van der Waals surface area contributed by atoms with Gasteiger partial charge in [-0.2, -0.15) is 8.78 Å². The molecule has 426 valence electrons. The lowest BCUT2D eigenvalue weighted by atomic mass is 9.85. The van der Waals surface area contributed by atoms with E-state index in [0.29, 0.717) is 23.2 Å². The number of morpholine rings is 1. The van der Waals surface area contributed by atoms with Crippen LogP contribution in [-0.4, -0.2) is 135 Å².